The summed E-state index contributed by atoms with van der Waals surface area (Å²) in [7, 11) is 0. The third kappa shape index (κ3) is 2.70. The lowest BCUT2D eigenvalue weighted by molar-refractivity contribution is -0.138. The van der Waals surface area contributed by atoms with Crippen LogP contribution < -0.4 is 9.47 Å². The summed E-state index contributed by atoms with van der Waals surface area (Å²) in [5.41, 5.74) is 1.33. The van der Waals surface area contributed by atoms with Crippen LogP contribution in [0.3, 0.4) is 0 Å². The second-order valence-corrected chi connectivity index (χ2v) is 5.93. The molecule has 0 unspecified atom stereocenters. The van der Waals surface area contributed by atoms with Gasteiger partial charge in [-0.2, -0.15) is 0 Å². The van der Waals surface area contributed by atoms with Gasteiger partial charge in [0.2, 0.25) is 0 Å². The molecule has 4 nitrogen and oxygen atoms in total. The summed E-state index contributed by atoms with van der Waals surface area (Å²) in [5, 5.41) is 9.63. The van der Waals surface area contributed by atoms with Crippen molar-refractivity contribution in [1.29, 1.82) is 0 Å². The second kappa shape index (κ2) is 5.52. The SMILES string of the molecule is CCc1c(C(C)(C)CC(=O)O)cc2c(c1Cl)OCCO2. The first-order valence-electron chi connectivity index (χ1n) is 6.70. The van der Waals surface area contributed by atoms with Gasteiger partial charge in [-0.25, -0.2) is 0 Å². The number of rotatable bonds is 4. The van der Waals surface area contributed by atoms with E-state index >= 15 is 0 Å². The van der Waals surface area contributed by atoms with Crippen LogP contribution in [0.15, 0.2) is 6.07 Å². The maximum Gasteiger partial charge on any atom is 0.304 e. The Labute approximate surface area is 123 Å². The van der Waals surface area contributed by atoms with Gasteiger partial charge in [0.05, 0.1) is 11.4 Å². The fourth-order valence-electron chi connectivity index (χ4n) is 2.61. The van der Waals surface area contributed by atoms with E-state index in [1.54, 1.807) is 0 Å². The summed E-state index contributed by atoms with van der Waals surface area (Å²) in [5.74, 6) is 0.347. The second-order valence-electron chi connectivity index (χ2n) is 5.55. The molecule has 0 aromatic heterocycles. The fraction of sp³-hybridized carbons (Fsp3) is 0.533. The number of hydrogen-bond acceptors (Lipinski definition) is 3. The number of hydrogen-bond donors (Lipinski definition) is 1. The maximum absolute atomic E-state index is 11.1. The van der Waals surface area contributed by atoms with Gasteiger partial charge in [0, 0.05) is 5.41 Å². The van der Waals surface area contributed by atoms with Crippen LogP contribution in [0.1, 0.15) is 38.3 Å². The van der Waals surface area contributed by atoms with Crippen molar-refractivity contribution in [1.82, 2.24) is 0 Å². The average molecular weight is 299 g/mol. The van der Waals surface area contributed by atoms with Crippen molar-refractivity contribution in [3.8, 4) is 11.5 Å². The molecule has 1 aromatic carbocycles. The van der Waals surface area contributed by atoms with E-state index in [9.17, 15) is 4.79 Å². The van der Waals surface area contributed by atoms with Crippen molar-refractivity contribution in [3.05, 3.63) is 22.2 Å². The maximum atomic E-state index is 11.1. The molecule has 0 radical (unpaired) electrons. The molecule has 1 aromatic rings. The molecule has 2 rings (SSSR count). The quantitative estimate of drug-likeness (QED) is 0.925. The molecule has 5 heteroatoms. The number of carbonyl (C=O) groups is 1. The fourth-order valence-corrected chi connectivity index (χ4v) is 2.99. The predicted molar refractivity (Wildman–Crippen MR) is 77.1 cm³/mol. The molecule has 110 valence electrons. The number of ether oxygens (including phenoxy) is 2. The average Bonchev–Trinajstić information content (AvgIpc) is 2.37. The Morgan fingerprint density at radius 1 is 1.40 bits per heavy atom. The van der Waals surface area contributed by atoms with Gasteiger partial charge in [-0.05, 0) is 23.6 Å². The first-order chi connectivity index (χ1) is 9.36. The molecule has 0 fully saturated rings. The van der Waals surface area contributed by atoms with Gasteiger partial charge in [-0.1, -0.05) is 32.4 Å². The topological polar surface area (TPSA) is 55.8 Å². The van der Waals surface area contributed by atoms with Gasteiger partial charge >= 0.3 is 5.97 Å². The van der Waals surface area contributed by atoms with Gasteiger partial charge in [0.15, 0.2) is 11.5 Å². The van der Waals surface area contributed by atoms with E-state index in [0.717, 1.165) is 11.1 Å². The Kier molecular flexibility index (Phi) is 4.14. The van der Waals surface area contributed by atoms with Crippen molar-refractivity contribution in [2.45, 2.75) is 39.0 Å². The smallest absolute Gasteiger partial charge is 0.304 e. The molecule has 1 aliphatic heterocycles. The summed E-state index contributed by atoms with van der Waals surface area (Å²) >= 11 is 6.42. The minimum Gasteiger partial charge on any atom is -0.486 e. The summed E-state index contributed by atoms with van der Waals surface area (Å²) in [4.78, 5) is 11.1. The zero-order chi connectivity index (χ0) is 14.9. The molecular formula is C15H19ClO4. The van der Waals surface area contributed by atoms with Crippen molar-refractivity contribution >= 4 is 17.6 Å². The predicted octanol–water partition coefficient (Wildman–Crippen LogP) is 3.43. The van der Waals surface area contributed by atoms with E-state index in [1.165, 1.54) is 0 Å². The van der Waals surface area contributed by atoms with E-state index in [-0.39, 0.29) is 6.42 Å². The number of carboxylic acids is 1. The number of fused-ring (bicyclic) bond motifs is 1. The molecule has 1 aliphatic rings. The van der Waals surface area contributed by atoms with Crippen LogP contribution in [0.2, 0.25) is 5.02 Å². The Morgan fingerprint density at radius 2 is 2.05 bits per heavy atom. The van der Waals surface area contributed by atoms with Gasteiger partial charge < -0.3 is 14.6 Å². The summed E-state index contributed by atoms with van der Waals surface area (Å²) in [6.07, 6.45) is 0.754. The van der Waals surface area contributed by atoms with Crippen LogP contribution in [0.4, 0.5) is 0 Å². The van der Waals surface area contributed by atoms with E-state index in [1.807, 2.05) is 26.8 Å². The summed E-state index contributed by atoms with van der Waals surface area (Å²) < 4.78 is 11.2. The minimum atomic E-state index is -0.830. The standard InChI is InChI=1S/C15H19ClO4/c1-4-9-10(15(2,3)8-12(17)18)7-11-14(13(9)16)20-6-5-19-11/h7H,4-6,8H2,1-3H3,(H,17,18). The first-order valence-corrected chi connectivity index (χ1v) is 7.08. The zero-order valence-electron chi connectivity index (χ0n) is 12.0. The van der Waals surface area contributed by atoms with Crippen LogP contribution in [0.25, 0.3) is 0 Å². The lowest BCUT2D eigenvalue weighted by atomic mass is 9.78. The number of benzene rings is 1. The molecule has 20 heavy (non-hydrogen) atoms. The van der Waals surface area contributed by atoms with Crippen molar-refractivity contribution < 1.29 is 19.4 Å². The van der Waals surface area contributed by atoms with E-state index in [0.29, 0.717) is 36.2 Å². The number of carboxylic acid groups (broad SMARTS) is 1. The van der Waals surface area contributed by atoms with E-state index < -0.39 is 11.4 Å². The van der Waals surface area contributed by atoms with Crippen LogP contribution in [0.5, 0.6) is 11.5 Å². The lowest BCUT2D eigenvalue weighted by Crippen LogP contribution is -2.25. The van der Waals surface area contributed by atoms with Crippen LogP contribution in [-0.2, 0) is 16.6 Å². The highest BCUT2D eigenvalue weighted by molar-refractivity contribution is 6.33. The van der Waals surface area contributed by atoms with Gasteiger partial charge in [0.1, 0.15) is 13.2 Å². The highest BCUT2D eigenvalue weighted by Gasteiger charge is 2.31. The van der Waals surface area contributed by atoms with Crippen molar-refractivity contribution in [2.24, 2.45) is 0 Å². The Hall–Kier alpha value is -1.42. The third-order valence-corrected chi connectivity index (χ3v) is 3.95. The van der Waals surface area contributed by atoms with E-state index in [2.05, 4.69) is 0 Å². The Morgan fingerprint density at radius 3 is 2.65 bits per heavy atom. The summed E-state index contributed by atoms with van der Waals surface area (Å²) in [6.45, 7) is 6.77. The van der Waals surface area contributed by atoms with Crippen LogP contribution in [0, 0.1) is 0 Å². The molecule has 1 heterocycles. The van der Waals surface area contributed by atoms with Gasteiger partial charge in [0.25, 0.3) is 0 Å². The molecule has 1 N–H and O–H groups in total. The van der Waals surface area contributed by atoms with Crippen molar-refractivity contribution in [3.63, 3.8) is 0 Å². The molecule has 0 aliphatic carbocycles. The minimum absolute atomic E-state index is 0.0377. The highest BCUT2D eigenvalue weighted by Crippen LogP contribution is 2.45. The van der Waals surface area contributed by atoms with Gasteiger partial charge in [-0.15, -0.1) is 0 Å². The molecule has 0 bridgehead atoms. The molecule has 0 atom stereocenters. The molecule has 0 saturated carbocycles. The number of aliphatic carboxylic acids is 1. The molecule has 0 spiro atoms. The normalized spacial score (nSPS) is 14.2. The number of halogens is 1. The largest absolute Gasteiger partial charge is 0.486 e. The van der Waals surface area contributed by atoms with Gasteiger partial charge in [-0.3, -0.25) is 4.79 Å². The third-order valence-electron chi connectivity index (χ3n) is 3.55. The van der Waals surface area contributed by atoms with Crippen LogP contribution in [-0.4, -0.2) is 24.3 Å². The molecular weight excluding hydrogens is 280 g/mol. The lowest BCUT2D eigenvalue weighted by Gasteiger charge is -2.30. The highest BCUT2D eigenvalue weighted by atomic mass is 35.5. The summed E-state index contributed by atoms with van der Waals surface area (Å²) in [6, 6.07) is 1.88. The molecule has 0 amide bonds. The zero-order valence-corrected chi connectivity index (χ0v) is 12.7. The first kappa shape index (κ1) is 15.0. The Bertz CT molecular complexity index is 537. The monoisotopic (exact) mass is 298 g/mol. The molecule has 0 saturated heterocycles. The van der Waals surface area contributed by atoms with E-state index in [4.69, 9.17) is 26.2 Å². The van der Waals surface area contributed by atoms with Crippen LogP contribution >= 0.6 is 11.6 Å². The van der Waals surface area contributed by atoms with Crippen molar-refractivity contribution in [2.75, 3.05) is 13.2 Å². The Balaban J connectivity index is 2.57.